The monoisotopic (exact) mass is 325 g/mol. The number of para-hydroxylation sites is 1. The molecule has 0 aliphatic rings. The van der Waals surface area contributed by atoms with Gasteiger partial charge in [-0.25, -0.2) is 9.79 Å². The summed E-state index contributed by atoms with van der Waals surface area (Å²) in [5.74, 6) is 0.347. The van der Waals surface area contributed by atoms with Gasteiger partial charge in [0.15, 0.2) is 0 Å². The molecule has 0 atom stereocenters. The van der Waals surface area contributed by atoms with Gasteiger partial charge < -0.3 is 10.1 Å². The van der Waals surface area contributed by atoms with Gasteiger partial charge in [0.2, 0.25) is 5.96 Å². The van der Waals surface area contributed by atoms with Crippen LogP contribution in [0.2, 0.25) is 0 Å². The molecule has 0 radical (unpaired) electrons. The van der Waals surface area contributed by atoms with E-state index < -0.39 is 11.7 Å². The van der Waals surface area contributed by atoms with Crippen molar-refractivity contribution in [1.29, 1.82) is 0 Å². The second kappa shape index (κ2) is 8.15. The van der Waals surface area contributed by atoms with Crippen molar-refractivity contribution in [3.8, 4) is 0 Å². The molecule has 126 valence electrons. The van der Waals surface area contributed by atoms with Crippen molar-refractivity contribution < 1.29 is 9.53 Å². The molecule has 2 N–H and O–H groups in total. The van der Waals surface area contributed by atoms with Crippen LogP contribution in [0.4, 0.5) is 10.5 Å². The fourth-order valence-corrected chi connectivity index (χ4v) is 1.92. The average Bonchev–Trinajstić information content (AvgIpc) is 2.53. The summed E-state index contributed by atoms with van der Waals surface area (Å²) >= 11 is 0. The number of guanidine groups is 1. The molecule has 2 aromatic rings. The first kappa shape index (κ1) is 17.5. The summed E-state index contributed by atoms with van der Waals surface area (Å²) in [7, 11) is 0. The lowest BCUT2D eigenvalue weighted by Gasteiger charge is -2.20. The van der Waals surface area contributed by atoms with Gasteiger partial charge in [-0.05, 0) is 38.5 Å². The van der Waals surface area contributed by atoms with E-state index in [4.69, 9.17) is 4.74 Å². The molecule has 1 amide bonds. The first-order valence-electron chi connectivity index (χ1n) is 7.83. The lowest BCUT2D eigenvalue weighted by atomic mass is 10.2. The highest BCUT2D eigenvalue weighted by Gasteiger charge is 2.17. The van der Waals surface area contributed by atoms with Gasteiger partial charge >= 0.3 is 6.09 Å². The van der Waals surface area contributed by atoms with Crippen molar-refractivity contribution in [2.24, 2.45) is 4.99 Å². The number of hydrogen-bond donors (Lipinski definition) is 2. The molecule has 2 rings (SSSR count). The molecule has 5 nitrogen and oxygen atoms in total. The third-order valence-electron chi connectivity index (χ3n) is 2.92. The average molecular weight is 325 g/mol. The standard InChI is InChI=1S/C19H23N3O2/c1-19(2,3)24-18(23)22-17(21-16-12-8-5-9-13-16)20-14-15-10-6-4-7-11-15/h4-13H,14H2,1-3H3,(H2,20,21,22,23). The van der Waals surface area contributed by atoms with Crippen LogP contribution in [-0.4, -0.2) is 17.7 Å². The summed E-state index contributed by atoms with van der Waals surface area (Å²) in [6.07, 6.45) is -0.544. The number of amides is 1. The summed E-state index contributed by atoms with van der Waals surface area (Å²) in [6, 6.07) is 19.4. The van der Waals surface area contributed by atoms with Gasteiger partial charge in [0.25, 0.3) is 0 Å². The Hall–Kier alpha value is -2.82. The van der Waals surface area contributed by atoms with E-state index in [1.54, 1.807) is 0 Å². The highest BCUT2D eigenvalue weighted by atomic mass is 16.6. The van der Waals surface area contributed by atoms with Gasteiger partial charge in [0, 0.05) is 5.69 Å². The van der Waals surface area contributed by atoms with E-state index in [0.29, 0.717) is 12.5 Å². The van der Waals surface area contributed by atoms with Crippen LogP contribution in [0, 0.1) is 0 Å². The summed E-state index contributed by atoms with van der Waals surface area (Å²) < 4.78 is 5.29. The molecular formula is C19H23N3O2. The Balaban J connectivity index is 2.10. The Morgan fingerprint density at radius 1 is 1.00 bits per heavy atom. The number of nitrogens with zero attached hydrogens (tertiary/aromatic N) is 1. The quantitative estimate of drug-likeness (QED) is 0.657. The molecule has 0 aromatic heterocycles. The Bertz CT molecular complexity index is 677. The van der Waals surface area contributed by atoms with E-state index in [9.17, 15) is 4.79 Å². The van der Waals surface area contributed by atoms with Crippen LogP contribution in [0.25, 0.3) is 0 Å². The number of alkyl carbamates (subject to hydrolysis) is 1. The normalized spacial score (nSPS) is 11.7. The minimum absolute atomic E-state index is 0.347. The Labute approximate surface area is 142 Å². The minimum Gasteiger partial charge on any atom is -0.444 e. The second-order valence-corrected chi connectivity index (χ2v) is 6.27. The molecule has 5 heteroatoms. The maximum Gasteiger partial charge on any atom is 0.414 e. The Morgan fingerprint density at radius 3 is 2.17 bits per heavy atom. The Kier molecular flexibility index (Phi) is 5.95. The van der Waals surface area contributed by atoms with Crippen molar-refractivity contribution in [2.45, 2.75) is 32.9 Å². The van der Waals surface area contributed by atoms with Gasteiger partial charge in [-0.2, -0.15) is 0 Å². The number of aliphatic imine (C=N–C) groups is 1. The fourth-order valence-electron chi connectivity index (χ4n) is 1.92. The van der Waals surface area contributed by atoms with Gasteiger partial charge in [-0.3, -0.25) is 5.32 Å². The lowest BCUT2D eigenvalue weighted by Crippen LogP contribution is -2.39. The summed E-state index contributed by atoms with van der Waals surface area (Å²) in [5.41, 5.74) is 1.32. The molecule has 0 bridgehead atoms. The lowest BCUT2D eigenvalue weighted by molar-refractivity contribution is 0.0563. The zero-order chi connectivity index (χ0) is 17.4. The predicted molar refractivity (Wildman–Crippen MR) is 97.0 cm³/mol. The topological polar surface area (TPSA) is 62.7 Å². The number of nitrogens with one attached hydrogen (secondary N) is 2. The SMILES string of the molecule is CC(C)(C)OC(=O)NC(=NCc1ccccc1)Nc1ccccc1. The number of carbonyl (C=O) groups excluding carboxylic acids is 1. The van der Waals surface area contributed by atoms with Crippen LogP contribution >= 0.6 is 0 Å². The van der Waals surface area contributed by atoms with Crippen molar-refractivity contribution in [2.75, 3.05) is 5.32 Å². The number of hydrogen-bond acceptors (Lipinski definition) is 3. The van der Waals surface area contributed by atoms with Gasteiger partial charge in [0.05, 0.1) is 6.54 Å². The van der Waals surface area contributed by atoms with E-state index in [-0.39, 0.29) is 0 Å². The molecule has 0 unspecified atom stereocenters. The third-order valence-corrected chi connectivity index (χ3v) is 2.92. The maximum absolute atomic E-state index is 12.0. The van der Waals surface area contributed by atoms with Crippen LogP contribution < -0.4 is 10.6 Å². The number of benzene rings is 2. The second-order valence-electron chi connectivity index (χ2n) is 6.27. The van der Waals surface area contributed by atoms with Gasteiger partial charge in [-0.1, -0.05) is 48.5 Å². The van der Waals surface area contributed by atoms with Crippen LogP contribution in [0.5, 0.6) is 0 Å². The summed E-state index contributed by atoms with van der Waals surface area (Å²) in [5, 5.41) is 5.77. The molecule has 0 aliphatic carbocycles. The number of rotatable bonds is 3. The molecule has 0 saturated heterocycles. The highest BCUT2D eigenvalue weighted by Crippen LogP contribution is 2.08. The zero-order valence-corrected chi connectivity index (χ0v) is 14.2. The fraction of sp³-hybridized carbons (Fsp3) is 0.263. The van der Waals surface area contributed by atoms with Crippen molar-refractivity contribution in [3.05, 3.63) is 66.2 Å². The molecule has 24 heavy (non-hydrogen) atoms. The first-order valence-corrected chi connectivity index (χ1v) is 7.83. The van der Waals surface area contributed by atoms with Gasteiger partial charge in [0.1, 0.15) is 5.60 Å². The summed E-state index contributed by atoms with van der Waals surface area (Å²) in [4.78, 5) is 16.5. The Morgan fingerprint density at radius 2 is 1.58 bits per heavy atom. The number of anilines is 1. The minimum atomic E-state index is -0.568. The first-order chi connectivity index (χ1) is 11.4. The molecule has 0 spiro atoms. The largest absolute Gasteiger partial charge is 0.444 e. The molecule has 0 aliphatic heterocycles. The molecular weight excluding hydrogens is 302 g/mol. The van der Waals surface area contributed by atoms with E-state index in [1.807, 2.05) is 81.4 Å². The molecule has 0 fully saturated rings. The van der Waals surface area contributed by atoms with Crippen molar-refractivity contribution >= 4 is 17.7 Å². The van der Waals surface area contributed by atoms with E-state index >= 15 is 0 Å². The molecule has 0 heterocycles. The highest BCUT2D eigenvalue weighted by molar-refractivity contribution is 6.02. The van der Waals surface area contributed by atoms with Crippen LogP contribution in [0.3, 0.4) is 0 Å². The van der Waals surface area contributed by atoms with E-state index in [1.165, 1.54) is 0 Å². The van der Waals surface area contributed by atoms with Crippen molar-refractivity contribution in [3.63, 3.8) is 0 Å². The third kappa shape index (κ3) is 6.52. The molecule has 2 aromatic carbocycles. The summed E-state index contributed by atoms with van der Waals surface area (Å²) in [6.45, 7) is 5.90. The maximum atomic E-state index is 12.0. The smallest absolute Gasteiger partial charge is 0.414 e. The van der Waals surface area contributed by atoms with E-state index in [2.05, 4.69) is 15.6 Å². The zero-order valence-electron chi connectivity index (χ0n) is 14.2. The number of ether oxygens (including phenoxy) is 1. The van der Waals surface area contributed by atoms with Crippen LogP contribution in [0.15, 0.2) is 65.7 Å². The van der Waals surface area contributed by atoms with Crippen LogP contribution in [-0.2, 0) is 11.3 Å². The van der Waals surface area contributed by atoms with Crippen LogP contribution in [0.1, 0.15) is 26.3 Å². The molecule has 0 saturated carbocycles. The number of carbonyl (C=O) groups is 1. The van der Waals surface area contributed by atoms with Crippen molar-refractivity contribution in [1.82, 2.24) is 5.32 Å². The van der Waals surface area contributed by atoms with Gasteiger partial charge in [-0.15, -0.1) is 0 Å². The van der Waals surface area contributed by atoms with E-state index in [0.717, 1.165) is 11.3 Å². The predicted octanol–water partition coefficient (Wildman–Crippen LogP) is 4.18.